The van der Waals surface area contributed by atoms with E-state index in [1.165, 1.54) is 19.3 Å². The van der Waals surface area contributed by atoms with E-state index in [4.69, 9.17) is 9.26 Å². The Balaban J connectivity index is 2.00. The molecule has 132 valence electrons. The summed E-state index contributed by atoms with van der Waals surface area (Å²) in [6, 6.07) is 8.24. The molecular weight excluding hydrogens is 302 g/mol. The highest BCUT2D eigenvalue weighted by atomic mass is 16.5. The highest BCUT2D eigenvalue weighted by molar-refractivity contribution is 5.55. The lowest BCUT2D eigenvalue weighted by Crippen LogP contribution is -2.31. The number of ether oxygens (including phenoxy) is 1. The van der Waals surface area contributed by atoms with Gasteiger partial charge in [-0.05, 0) is 58.0 Å². The summed E-state index contributed by atoms with van der Waals surface area (Å²) in [5.74, 6) is 2.15. The Labute approximate surface area is 145 Å². The summed E-state index contributed by atoms with van der Waals surface area (Å²) in [5.41, 5.74) is 0.940. The van der Waals surface area contributed by atoms with Crippen LogP contribution < -0.4 is 4.74 Å². The van der Waals surface area contributed by atoms with Crippen molar-refractivity contribution in [2.24, 2.45) is 0 Å². The SMILES string of the molecule is CCCCCN(Cc1nc(-c2ccc(OCC)cc2)no1)C(C)C. The lowest BCUT2D eigenvalue weighted by atomic mass is 10.2. The second-order valence-corrected chi connectivity index (χ2v) is 6.24. The molecule has 1 aromatic heterocycles. The zero-order valence-corrected chi connectivity index (χ0v) is 15.3. The molecule has 0 fully saturated rings. The van der Waals surface area contributed by atoms with Gasteiger partial charge in [0.05, 0.1) is 13.2 Å². The van der Waals surface area contributed by atoms with Crippen molar-refractivity contribution in [3.63, 3.8) is 0 Å². The van der Waals surface area contributed by atoms with Crippen molar-refractivity contribution >= 4 is 0 Å². The van der Waals surface area contributed by atoms with Crippen molar-refractivity contribution in [1.29, 1.82) is 0 Å². The normalized spacial score (nSPS) is 11.4. The Morgan fingerprint density at radius 3 is 2.50 bits per heavy atom. The van der Waals surface area contributed by atoms with Gasteiger partial charge in [-0.3, -0.25) is 4.90 Å². The Hall–Kier alpha value is -1.88. The number of nitrogens with zero attached hydrogens (tertiary/aromatic N) is 3. The molecule has 5 heteroatoms. The van der Waals surface area contributed by atoms with Crippen LogP contribution in [0, 0.1) is 0 Å². The van der Waals surface area contributed by atoms with E-state index in [1.54, 1.807) is 0 Å². The molecule has 2 aromatic rings. The number of hydrogen-bond acceptors (Lipinski definition) is 5. The quantitative estimate of drug-likeness (QED) is 0.598. The Kier molecular flexibility index (Phi) is 7.25. The van der Waals surface area contributed by atoms with Crippen LogP contribution >= 0.6 is 0 Å². The minimum atomic E-state index is 0.461. The summed E-state index contributed by atoms with van der Waals surface area (Å²) in [5, 5.41) is 4.12. The summed E-state index contributed by atoms with van der Waals surface area (Å²) in [4.78, 5) is 6.93. The summed E-state index contributed by atoms with van der Waals surface area (Å²) >= 11 is 0. The van der Waals surface area contributed by atoms with Gasteiger partial charge in [-0.25, -0.2) is 0 Å². The van der Waals surface area contributed by atoms with Crippen molar-refractivity contribution in [2.45, 2.75) is 59.5 Å². The monoisotopic (exact) mass is 331 g/mol. The highest BCUT2D eigenvalue weighted by Crippen LogP contribution is 2.20. The van der Waals surface area contributed by atoms with Gasteiger partial charge < -0.3 is 9.26 Å². The Morgan fingerprint density at radius 1 is 1.12 bits per heavy atom. The van der Waals surface area contributed by atoms with Gasteiger partial charge >= 0.3 is 0 Å². The molecule has 0 saturated heterocycles. The molecule has 0 saturated carbocycles. The largest absolute Gasteiger partial charge is 0.494 e. The first-order chi connectivity index (χ1) is 11.6. The molecule has 1 heterocycles. The third kappa shape index (κ3) is 5.34. The third-order valence-electron chi connectivity index (χ3n) is 4.01. The van der Waals surface area contributed by atoms with Gasteiger partial charge in [-0.2, -0.15) is 4.98 Å². The van der Waals surface area contributed by atoms with Crippen LogP contribution in [0.5, 0.6) is 5.75 Å². The molecule has 0 amide bonds. The minimum absolute atomic E-state index is 0.461. The second kappa shape index (κ2) is 9.42. The van der Waals surface area contributed by atoms with E-state index in [2.05, 4.69) is 35.8 Å². The molecule has 0 aliphatic heterocycles. The molecular formula is C19H29N3O2. The van der Waals surface area contributed by atoms with Crippen LogP contribution in [-0.4, -0.2) is 34.2 Å². The van der Waals surface area contributed by atoms with Gasteiger partial charge in [-0.15, -0.1) is 0 Å². The third-order valence-corrected chi connectivity index (χ3v) is 4.01. The van der Waals surface area contributed by atoms with Crippen molar-refractivity contribution in [1.82, 2.24) is 15.0 Å². The van der Waals surface area contributed by atoms with Gasteiger partial charge in [0, 0.05) is 11.6 Å². The van der Waals surface area contributed by atoms with Crippen molar-refractivity contribution < 1.29 is 9.26 Å². The number of unbranched alkanes of at least 4 members (excludes halogenated alkanes) is 2. The average molecular weight is 331 g/mol. The molecule has 5 nitrogen and oxygen atoms in total. The van der Waals surface area contributed by atoms with Crippen LogP contribution in [0.1, 0.15) is 52.8 Å². The Bertz CT molecular complexity index is 593. The van der Waals surface area contributed by atoms with Gasteiger partial charge in [0.2, 0.25) is 11.7 Å². The van der Waals surface area contributed by atoms with E-state index in [-0.39, 0.29) is 0 Å². The van der Waals surface area contributed by atoms with Crippen molar-refractivity contribution in [3.05, 3.63) is 30.2 Å². The fourth-order valence-corrected chi connectivity index (χ4v) is 2.56. The van der Waals surface area contributed by atoms with E-state index < -0.39 is 0 Å². The first-order valence-electron chi connectivity index (χ1n) is 8.93. The van der Waals surface area contributed by atoms with Crippen molar-refractivity contribution in [2.75, 3.05) is 13.2 Å². The molecule has 0 aliphatic carbocycles. The van der Waals surface area contributed by atoms with Gasteiger partial charge in [0.1, 0.15) is 5.75 Å². The molecule has 2 rings (SSSR count). The van der Waals surface area contributed by atoms with Crippen molar-refractivity contribution in [3.8, 4) is 17.1 Å². The topological polar surface area (TPSA) is 51.4 Å². The fourth-order valence-electron chi connectivity index (χ4n) is 2.56. The van der Waals surface area contributed by atoms with E-state index in [0.29, 0.717) is 30.9 Å². The number of aromatic nitrogens is 2. The minimum Gasteiger partial charge on any atom is -0.494 e. The van der Waals surface area contributed by atoms with Crippen LogP contribution in [0.4, 0.5) is 0 Å². The summed E-state index contributed by atoms with van der Waals surface area (Å²) in [6.07, 6.45) is 3.69. The van der Waals surface area contributed by atoms with Gasteiger partial charge in [-0.1, -0.05) is 24.9 Å². The first kappa shape index (κ1) is 18.5. The van der Waals surface area contributed by atoms with Crippen LogP contribution in [0.3, 0.4) is 0 Å². The maximum Gasteiger partial charge on any atom is 0.241 e. The molecule has 0 atom stereocenters. The standard InChI is InChI=1S/C19H29N3O2/c1-5-7-8-13-22(15(3)4)14-18-20-19(21-24-18)16-9-11-17(12-10-16)23-6-2/h9-12,15H,5-8,13-14H2,1-4H3. The Morgan fingerprint density at radius 2 is 1.88 bits per heavy atom. The number of benzene rings is 1. The van der Waals surface area contributed by atoms with Crippen LogP contribution in [-0.2, 0) is 6.54 Å². The maximum atomic E-state index is 5.46. The van der Waals surface area contributed by atoms with Crippen LogP contribution in [0.25, 0.3) is 11.4 Å². The van der Waals surface area contributed by atoms with Crippen LogP contribution in [0.2, 0.25) is 0 Å². The van der Waals surface area contributed by atoms with Gasteiger partial charge in [0.25, 0.3) is 0 Å². The zero-order valence-electron chi connectivity index (χ0n) is 15.3. The fraction of sp³-hybridized carbons (Fsp3) is 0.579. The zero-order chi connectivity index (χ0) is 17.4. The molecule has 0 unspecified atom stereocenters. The lowest BCUT2D eigenvalue weighted by Gasteiger charge is -2.24. The van der Waals surface area contributed by atoms with Crippen LogP contribution in [0.15, 0.2) is 28.8 Å². The van der Waals surface area contributed by atoms with Gasteiger partial charge in [0.15, 0.2) is 0 Å². The summed E-state index contributed by atoms with van der Waals surface area (Å²) in [7, 11) is 0. The molecule has 0 radical (unpaired) electrons. The van der Waals surface area contributed by atoms with E-state index in [9.17, 15) is 0 Å². The molecule has 0 aliphatic rings. The highest BCUT2D eigenvalue weighted by Gasteiger charge is 2.15. The molecule has 0 bridgehead atoms. The molecule has 0 spiro atoms. The molecule has 0 N–H and O–H groups in total. The van der Waals surface area contributed by atoms with E-state index >= 15 is 0 Å². The lowest BCUT2D eigenvalue weighted by molar-refractivity contribution is 0.181. The summed E-state index contributed by atoms with van der Waals surface area (Å²) in [6.45, 7) is 11.0. The predicted octanol–water partition coefficient (Wildman–Crippen LogP) is 4.54. The van der Waals surface area contributed by atoms with E-state index in [1.807, 2.05) is 31.2 Å². The molecule has 24 heavy (non-hydrogen) atoms. The van der Waals surface area contributed by atoms with E-state index in [0.717, 1.165) is 17.9 Å². The predicted molar refractivity (Wildman–Crippen MR) is 96.0 cm³/mol. The smallest absolute Gasteiger partial charge is 0.241 e. The number of rotatable bonds is 10. The second-order valence-electron chi connectivity index (χ2n) is 6.24. The molecule has 1 aromatic carbocycles. The number of hydrogen-bond donors (Lipinski definition) is 0. The summed E-state index contributed by atoms with van der Waals surface area (Å²) < 4.78 is 10.9. The maximum absolute atomic E-state index is 5.46. The average Bonchev–Trinajstić information content (AvgIpc) is 3.03. The first-order valence-corrected chi connectivity index (χ1v) is 8.93.